The second-order valence-corrected chi connectivity index (χ2v) is 4.81. The lowest BCUT2D eigenvalue weighted by Gasteiger charge is -2.41. The quantitative estimate of drug-likeness (QED) is 0.688. The molecule has 1 fully saturated rings. The molecule has 3 rings (SSSR count). The van der Waals surface area contributed by atoms with E-state index in [-0.39, 0.29) is 18.5 Å². The van der Waals surface area contributed by atoms with Gasteiger partial charge in [0.05, 0.1) is 12.2 Å². The Hall–Kier alpha value is -1.12. The molecule has 0 aromatic heterocycles. The smallest absolute Gasteiger partial charge is 0.156 e. The Morgan fingerprint density at radius 2 is 1.94 bits per heavy atom. The number of ether oxygens (including phenoxy) is 2. The third kappa shape index (κ3) is 2.15. The molecule has 2 aliphatic rings. The first-order chi connectivity index (χ1) is 8.34. The molecular formula is C15H18O2. The third-order valence-electron chi connectivity index (χ3n) is 3.62. The van der Waals surface area contributed by atoms with Crippen molar-refractivity contribution in [3.05, 3.63) is 48.0 Å². The van der Waals surface area contributed by atoms with Gasteiger partial charge in [0.15, 0.2) is 6.29 Å². The molecule has 1 aromatic rings. The van der Waals surface area contributed by atoms with Gasteiger partial charge in [0, 0.05) is 5.92 Å². The maximum Gasteiger partial charge on any atom is 0.156 e. The Morgan fingerprint density at radius 3 is 2.76 bits per heavy atom. The molecule has 0 amide bonds. The topological polar surface area (TPSA) is 18.5 Å². The average molecular weight is 230 g/mol. The minimum atomic E-state index is -0.121. The summed E-state index contributed by atoms with van der Waals surface area (Å²) < 4.78 is 11.8. The number of benzene rings is 1. The van der Waals surface area contributed by atoms with Crippen LogP contribution in [0.15, 0.2) is 42.5 Å². The zero-order chi connectivity index (χ0) is 11.7. The first-order valence-electron chi connectivity index (χ1n) is 6.37. The summed E-state index contributed by atoms with van der Waals surface area (Å²) in [6, 6.07) is 10.5. The highest BCUT2D eigenvalue weighted by Gasteiger charge is 2.38. The minimum absolute atomic E-state index is 0.121. The Labute approximate surface area is 102 Å². The van der Waals surface area contributed by atoms with Gasteiger partial charge >= 0.3 is 0 Å². The van der Waals surface area contributed by atoms with Crippen LogP contribution in [-0.4, -0.2) is 12.4 Å². The summed E-state index contributed by atoms with van der Waals surface area (Å²) in [5, 5.41) is 0. The molecule has 4 atom stereocenters. The van der Waals surface area contributed by atoms with E-state index in [9.17, 15) is 0 Å². The van der Waals surface area contributed by atoms with Crippen LogP contribution in [0.3, 0.4) is 0 Å². The van der Waals surface area contributed by atoms with E-state index in [0.717, 1.165) is 12.8 Å². The van der Waals surface area contributed by atoms with Gasteiger partial charge in [-0.15, -0.1) is 0 Å². The Morgan fingerprint density at radius 1 is 1.12 bits per heavy atom. The van der Waals surface area contributed by atoms with Gasteiger partial charge in [-0.05, 0) is 25.3 Å². The zero-order valence-corrected chi connectivity index (χ0v) is 10.1. The number of hydrogen-bond acceptors (Lipinski definition) is 2. The van der Waals surface area contributed by atoms with Crippen molar-refractivity contribution in [3.8, 4) is 0 Å². The molecule has 1 aliphatic heterocycles. The van der Waals surface area contributed by atoms with Gasteiger partial charge in [0.25, 0.3) is 0 Å². The summed E-state index contributed by atoms with van der Waals surface area (Å²) in [4.78, 5) is 0. The average Bonchev–Trinajstić information content (AvgIpc) is 2.39. The first kappa shape index (κ1) is 11.0. The molecule has 0 bridgehead atoms. The fourth-order valence-electron chi connectivity index (χ4n) is 2.83. The van der Waals surface area contributed by atoms with Crippen molar-refractivity contribution in [2.75, 3.05) is 0 Å². The summed E-state index contributed by atoms with van der Waals surface area (Å²) >= 11 is 0. The van der Waals surface area contributed by atoms with Crippen molar-refractivity contribution >= 4 is 0 Å². The van der Waals surface area contributed by atoms with E-state index in [1.807, 2.05) is 13.0 Å². The number of rotatable bonds is 1. The highest BCUT2D eigenvalue weighted by atomic mass is 16.7. The molecule has 0 N–H and O–H groups in total. The van der Waals surface area contributed by atoms with Crippen LogP contribution in [0.5, 0.6) is 0 Å². The van der Waals surface area contributed by atoms with Crippen molar-refractivity contribution in [1.82, 2.24) is 0 Å². The van der Waals surface area contributed by atoms with Gasteiger partial charge in [0.1, 0.15) is 0 Å². The lowest BCUT2D eigenvalue weighted by Crippen LogP contribution is -2.40. The van der Waals surface area contributed by atoms with Crippen LogP contribution in [0, 0.1) is 5.92 Å². The molecule has 2 nitrogen and oxygen atoms in total. The molecule has 90 valence electrons. The molecule has 1 heterocycles. The fraction of sp³-hybridized carbons (Fsp3) is 0.467. The molecule has 0 spiro atoms. The van der Waals surface area contributed by atoms with E-state index < -0.39 is 0 Å². The van der Waals surface area contributed by atoms with E-state index in [1.54, 1.807) is 0 Å². The molecular weight excluding hydrogens is 212 g/mol. The van der Waals surface area contributed by atoms with Gasteiger partial charge in [-0.3, -0.25) is 0 Å². The normalized spacial score (nSPS) is 36.5. The van der Waals surface area contributed by atoms with Crippen molar-refractivity contribution < 1.29 is 9.47 Å². The highest BCUT2D eigenvalue weighted by molar-refractivity contribution is 5.20. The van der Waals surface area contributed by atoms with E-state index in [0.29, 0.717) is 5.92 Å². The second-order valence-electron chi connectivity index (χ2n) is 4.81. The van der Waals surface area contributed by atoms with Crippen LogP contribution in [0.2, 0.25) is 0 Å². The maximum atomic E-state index is 5.99. The number of allylic oxidation sites excluding steroid dienone is 1. The van der Waals surface area contributed by atoms with Gasteiger partial charge in [0.2, 0.25) is 0 Å². The summed E-state index contributed by atoms with van der Waals surface area (Å²) in [6.07, 6.45) is 6.97. The van der Waals surface area contributed by atoms with Crippen molar-refractivity contribution in [1.29, 1.82) is 0 Å². The zero-order valence-electron chi connectivity index (χ0n) is 10.1. The molecule has 1 saturated heterocycles. The Kier molecular flexibility index (Phi) is 3.00. The van der Waals surface area contributed by atoms with E-state index >= 15 is 0 Å². The SMILES string of the molecule is CC1OC2C=CCCC2C(c2ccccc2)O1. The number of hydrogen-bond donors (Lipinski definition) is 0. The van der Waals surface area contributed by atoms with Gasteiger partial charge in [-0.25, -0.2) is 0 Å². The van der Waals surface area contributed by atoms with Crippen LogP contribution in [0.4, 0.5) is 0 Å². The van der Waals surface area contributed by atoms with Crippen molar-refractivity contribution in [2.24, 2.45) is 5.92 Å². The maximum absolute atomic E-state index is 5.99. The third-order valence-corrected chi connectivity index (χ3v) is 3.62. The van der Waals surface area contributed by atoms with E-state index in [1.165, 1.54) is 5.56 Å². The largest absolute Gasteiger partial charge is 0.345 e. The van der Waals surface area contributed by atoms with E-state index in [2.05, 4.69) is 36.4 Å². The van der Waals surface area contributed by atoms with Gasteiger partial charge in [-0.1, -0.05) is 42.5 Å². The molecule has 17 heavy (non-hydrogen) atoms. The predicted octanol–water partition coefficient (Wildman–Crippen LogP) is 3.46. The monoisotopic (exact) mass is 230 g/mol. The fourth-order valence-corrected chi connectivity index (χ4v) is 2.83. The van der Waals surface area contributed by atoms with Gasteiger partial charge in [-0.2, -0.15) is 0 Å². The summed E-state index contributed by atoms with van der Waals surface area (Å²) in [5.74, 6) is 0.457. The Bertz CT molecular complexity index is 399. The molecule has 0 radical (unpaired) electrons. The number of fused-ring (bicyclic) bond motifs is 1. The molecule has 1 aliphatic carbocycles. The van der Waals surface area contributed by atoms with Crippen molar-refractivity contribution in [3.63, 3.8) is 0 Å². The van der Waals surface area contributed by atoms with Crippen LogP contribution >= 0.6 is 0 Å². The lowest BCUT2D eigenvalue weighted by molar-refractivity contribution is -0.254. The van der Waals surface area contributed by atoms with Crippen LogP contribution < -0.4 is 0 Å². The molecule has 2 heteroatoms. The van der Waals surface area contributed by atoms with Crippen molar-refractivity contribution in [2.45, 2.75) is 38.3 Å². The predicted molar refractivity (Wildman–Crippen MR) is 66.5 cm³/mol. The summed E-state index contributed by atoms with van der Waals surface area (Å²) in [5.41, 5.74) is 1.27. The van der Waals surface area contributed by atoms with Crippen LogP contribution in [-0.2, 0) is 9.47 Å². The molecule has 4 unspecified atom stereocenters. The lowest BCUT2D eigenvalue weighted by atomic mass is 9.83. The second kappa shape index (κ2) is 4.63. The first-order valence-corrected chi connectivity index (χ1v) is 6.37. The summed E-state index contributed by atoms with van der Waals surface area (Å²) in [7, 11) is 0. The van der Waals surface area contributed by atoms with Gasteiger partial charge < -0.3 is 9.47 Å². The highest BCUT2D eigenvalue weighted by Crippen LogP contribution is 2.40. The minimum Gasteiger partial charge on any atom is -0.345 e. The summed E-state index contributed by atoms with van der Waals surface area (Å²) in [6.45, 7) is 1.98. The molecule has 0 saturated carbocycles. The Balaban J connectivity index is 1.90. The van der Waals surface area contributed by atoms with E-state index in [4.69, 9.17) is 9.47 Å². The standard InChI is InChI=1S/C15H18O2/c1-11-16-14-10-6-5-9-13(14)15(17-11)12-7-3-2-4-8-12/h2-4,6-8,10-11,13-15H,5,9H2,1H3. The molecule has 1 aromatic carbocycles. The van der Waals surface area contributed by atoms with Crippen LogP contribution in [0.25, 0.3) is 0 Å². The van der Waals surface area contributed by atoms with Crippen LogP contribution in [0.1, 0.15) is 31.4 Å².